The molecule has 2 heterocycles. The Morgan fingerprint density at radius 2 is 2.28 bits per heavy atom. The molecule has 0 aromatic carbocycles. The molecule has 18 heavy (non-hydrogen) atoms. The average molecular weight is 274 g/mol. The van der Waals surface area contributed by atoms with Crippen molar-refractivity contribution in [2.24, 2.45) is 0 Å². The third-order valence-corrected chi connectivity index (χ3v) is 3.39. The lowest BCUT2D eigenvalue weighted by atomic mass is 10.3. The minimum atomic E-state index is -0.361. The summed E-state index contributed by atoms with van der Waals surface area (Å²) in [5, 5.41) is 9.30. The summed E-state index contributed by atoms with van der Waals surface area (Å²) in [6.45, 7) is 5.75. The summed E-state index contributed by atoms with van der Waals surface area (Å²) >= 11 is 5.85. The zero-order valence-corrected chi connectivity index (χ0v) is 10.9. The highest BCUT2D eigenvalue weighted by atomic mass is 35.5. The molecule has 0 unspecified atom stereocenters. The number of aromatic nitrogens is 2. The van der Waals surface area contributed by atoms with Gasteiger partial charge in [0, 0.05) is 13.0 Å². The van der Waals surface area contributed by atoms with Gasteiger partial charge in [-0.3, -0.25) is 4.79 Å². The molecule has 0 aliphatic carbocycles. The fraction of sp³-hybridized carbons (Fsp3) is 0.636. The van der Waals surface area contributed by atoms with Crippen LogP contribution < -0.4 is 15.8 Å². The molecule has 0 spiro atoms. The second-order valence-electron chi connectivity index (χ2n) is 4.32. The number of morpholine rings is 1. The number of hydrogen-bond acceptors (Lipinski definition) is 4. The van der Waals surface area contributed by atoms with E-state index in [4.69, 9.17) is 16.3 Å². The van der Waals surface area contributed by atoms with Gasteiger partial charge in [-0.05, 0) is 0 Å². The molecule has 1 aliphatic heterocycles. The zero-order chi connectivity index (χ0) is 12.8. The first kappa shape index (κ1) is 13.3. The molecule has 1 aliphatic rings. The van der Waals surface area contributed by atoms with Crippen molar-refractivity contribution < 1.29 is 9.64 Å². The van der Waals surface area contributed by atoms with Crippen LogP contribution in [-0.2, 0) is 4.74 Å². The fourth-order valence-electron chi connectivity index (χ4n) is 1.98. The lowest BCUT2D eigenvalue weighted by Crippen LogP contribution is -3.14. The van der Waals surface area contributed by atoms with Crippen LogP contribution in [0.1, 0.15) is 6.42 Å². The summed E-state index contributed by atoms with van der Waals surface area (Å²) in [5.41, 5.74) is 0.234. The van der Waals surface area contributed by atoms with Gasteiger partial charge in [0.25, 0.3) is 5.56 Å². The molecule has 1 fully saturated rings. The normalized spacial score (nSPS) is 16.7. The molecule has 0 radical (unpaired) electrons. The summed E-state index contributed by atoms with van der Waals surface area (Å²) in [5.74, 6) is 0. The summed E-state index contributed by atoms with van der Waals surface area (Å²) < 4.78 is 5.30. The van der Waals surface area contributed by atoms with Gasteiger partial charge in [-0.25, -0.2) is 5.10 Å². The molecule has 0 saturated carbocycles. The van der Waals surface area contributed by atoms with Crippen molar-refractivity contribution in [1.82, 2.24) is 10.2 Å². The maximum atomic E-state index is 11.2. The van der Waals surface area contributed by atoms with Crippen molar-refractivity contribution in [2.45, 2.75) is 6.42 Å². The molecule has 1 aromatic rings. The Morgan fingerprint density at radius 3 is 3.06 bits per heavy atom. The number of nitrogens with zero attached hydrogens (tertiary/aromatic N) is 1. The minimum Gasteiger partial charge on any atom is -0.382 e. The van der Waals surface area contributed by atoms with Crippen molar-refractivity contribution in [2.75, 3.05) is 44.7 Å². The van der Waals surface area contributed by atoms with Crippen LogP contribution in [-0.4, -0.2) is 49.6 Å². The smallest absolute Gasteiger partial charge is 0.285 e. The fourth-order valence-corrected chi connectivity index (χ4v) is 2.14. The van der Waals surface area contributed by atoms with Crippen molar-refractivity contribution in [1.29, 1.82) is 0 Å². The molecule has 7 heteroatoms. The van der Waals surface area contributed by atoms with Crippen molar-refractivity contribution >= 4 is 17.3 Å². The number of halogens is 1. The molecule has 100 valence electrons. The summed E-state index contributed by atoms with van der Waals surface area (Å²) in [7, 11) is 0. The van der Waals surface area contributed by atoms with Crippen LogP contribution in [0.5, 0.6) is 0 Å². The number of anilines is 1. The Hall–Kier alpha value is -1.11. The predicted molar refractivity (Wildman–Crippen MR) is 69.4 cm³/mol. The van der Waals surface area contributed by atoms with E-state index >= 15 is 0 Å². The third-order valence-electron chi connectivity index (χ3n) is 3.02. The molecule has 3 N–H and O–H groups in total. The maximum Gasteiger partial charge on any atom is 0.285 e. The number of nitrogens with one attached hydrogen (secondary N) is 3. The topological polar surface area (TPSA) is 71.5 Å². The highest BCUT2D eigenvalue weighted by molar-refractivity contribution is 6.32. The third kappa shape index (κ3) is 3.69. The van der Waals surface area contributed by atoms with Gasteiger partial charge in [-0.1, -0.05) is 11.6 Å². The maximum absolute atomic E-state index is 11.2. The molecule has 0 atom stereocenters. The second-order valence-corrected chi connectivity index (χ2v) is 4.70. The van der Waals surface area contributed by atoms with Gasteiger partial charge < -0.3 is 15.0 Å². The zero-order valence-electron chi connectivity index (χ0n) is 10.2. The minimum absolute atomic E-state index is 0.170. The van der Waals surface area contributed by atoms with Crippen LogP contribution in [0, 0.1) is 0 Å². The Bertz CT molecular complexity index is 431. The van der Waals surface area contributed by atoms with E-state index in [1.165, 1.54) is 6.20 Å². The standard InChI is InChI=1S/C11H17ClN4O2/c12-10-9(8-14-15-11(10)17)13-2-1-3-16-4-6-18-7-5-16/h8H,1-7H2,(H2,13,15,17)/p+1. The summed E-state index contributed by atoms with van der Waals surface area (Å²) in [4.78, 5) is 12.8. The number of rotatable bonds is 5. The van der Waals surface area contributed by atoms with Gasteiger partial charge in [0.1, 0.15) is 18.1 Å². The molecule has 1 saturated heterocycles. The van der Waals surface area contributed by atoms with Gasteiger partial charge in [0.05, 0.1) is 31.6 Å². The van der Waals surface area contributed by atoms with E-state index in [-0.39, 0.29) is 10.6 Å². The molecular weight excluding hydrogens is 256 g/mol. The number of hydrogen-bond donors (Lipinski definition) is 3. The second kappa shape index (κ2) is 6.72. The Labute approximate surface area is 110 Å². The van der Waals surface area contributed by atoms with Gasteiger partial charge in [-0.15, -0.1) is 0 Å². The molecule has 2 rings (SSSR count). The first-order chi connectivity index (χ1) is 8.77. The van der Waals surface area contributed by atoms with Crippen molar-refractivity contribution in [3.63, 3.8) is 0 Å². The first-order valence-electron chi connectivity index (χ1n) is 6.16. The van der Waals surface area contributed by atoms with Crippen LogP contribution >= 0.6 is 11.6 Å². The van der Waals surface area contributed by atoms with Crippen LogP contribution in [0.4, 0.5) is 5.69 Å². The lowest BCUT2D eigenvalue weighted by Gasteiger charge is -2.23. The monoisotopic (exact) mass is 273 g/mol. The first-order valence-corrected chi connectivity index (χ1v) is 6.53. The molecule has 6 nitrogen and oxygen atoms in total. The largest absolute Gasteiger partial charge is 0.382 e. The van der Waals surface area contributed by atoms with E-state index in [0.29, 0.717) is 5.69 Å². The van der Waals surface area contributed by atoms with Crippen LogP contribution in [0.15, 0.2) is 11.0 Å². The van der Waals surface area contributed by atoms with E-state index in [9.17, 15) is 4.79 Å². The van der Waals surface area contributed by atoms with Gasteiger partial charge in [0.2, 0.25) is 0 Å². The van der Waals surface area contributed by atoms with Gasteiger partial charge in [-0.2, -0.15) is 5.10 Å². The summed E-state index contributed by atoms with van der Waals surface area (Å²) in [6, 6.07) is 0. The Morgan fingerprint density at radius 1 is 1.50 bits per heavy atom. The highest BCUT2D eigenvalue weighted by Crippen LogP contribution is 2.13. The average Bonchev–Trinajstić information content (AvgIpc) is 2.40. The quantitative estimate of drug-likeness (QED) is 0.611. The van der Waals surface area contributed by atoms with E-state index < -0.39 is 0 Å². The lowest BCUT2D eigenvalue weighted by molar-refractivity contribution is -0.908. The Balaban J connectivity index is 1.71. The number of quaternary nitrogens is 1. The van der Waals surface area contributed by atoms with Crippen molar-refractivity contribution in [3.05, 3.63) is 21.6 Å². The molecule has 0 amide bonds. The van der Waals surface area contributed by atoms with Crippen LogP contribution in [0.25, 0.3) is 0 Å². The SMILES string of the molecule is O=c1[nH]ncc(NCCC[NH+]2CCOCC2)c1Cl. The van der Waals surface area contributed by atoms with E-state index in [0.717, 1.165) is 45.8 Å². The van der Waals surface area contributed by atoms with Crippen molar-refractivity contribution in [3.8, 4) is 0 Å². The van der Waals surface area contributed by atoms with Crippen LogP contribution in [0.2, 0.25) is 5.02 Å². The predicted octanol–water partition coefficient (Wildman–Crippen LogP) is -0.860. The molecule has 1 aromatic heterocycles. The number of H-pyrrole nitrogens is 1. The highest BCUT2D eigenvalue weighted by Gasteiger charge is 2.12. The molecular formula is C11H18ClN4O2+. The van der Waals surface area contributed by atoms with Gasteiger partial charge >= 0.3 is 0 Å². The van der Waals surface area contributed by atoms with E-state index in [2.05, 4.69) is 15.5 Å². The Kier molecular flexibility index (Phi) is 4.98. The molecule has 0 bridgehead atoms. The van der Waals surface area contributed by atoms with E-state index in [1.807, 2.05) is 0 Å². The summed E-state index contributed by atoms with van der Waals surface area (Å²) in [6.07, 6.45) is 2.56. The van der Waals surface area contributed by atoms with Crippen LogP contribution in [0.3, 0.4) is 0 Å². The number of ether oxygens (including phenoxy) is 1. The van der Waals surface area contributed by atoms with E-state index in [1.54, 1.807) is 4.90 Å². The van der Waals surface area contributed by atoms with Gasteiger partial charge in [0.15, 0.2) is 0 Å². The number of aromatic amines is 1.